The molecule has 1 heterocycles. The molecule has 0 atom stereocenters. The van der Waals surface area contributed by atoms with Gasteiger partial charge >= 0.3 is 0 Å². The molecular weight excluding hydrogens is 391 g/mol. The lowest BCUT2D eigenvalue weighted by molar-refractivity contribution is 0.586. The minimum atomic E-state index is -3.76. The molecule has 0 aliphatic heterocycles. The van der Waals surface area contributed by atoms with Crippen molar-refractivity contribution in [1.29, 1.82) is 0 Å². The van der Waals surface area contributed by atoms with Crippen molar-refractivity contribution in [1.82, 2.24) is 9.29 Å². The fourth-order valence-corrected chi connectivity index (χ4v) is 4.75. The van der Waals surface area contributed by atoms with Crippen molar-refractivity contribution >= 4 is 34.0 Å². The fraction of sp³-hybridized carbons (Fsp3) is 0.158. The molecule has 0 fully saturated rings. The van der Waals surface area contributed by atoms with Gasteiger partial charge in [0.15, 0.2) is 0 Å². The van der Waals surface area contributed by atoms with E-state index in [2.05, 4.69) is 5.32 Å². The van der Waals surface area contributed by atoms with Gasteiger partial charge in [-0.15, -0.1) is 12.4 Å². The van der Waals surface area contributed by atoms with Gasteiger partial charge in [-0.25, -0.2) is 12.4 Å². The smallest absolute Gasteiger partial charge is 0.268 e. The largest absolute Gasteiger partial charge is 0.316 e. The van der Waals surface area contributed by atoms with Crippen LogP contribution in [0.25, 0.3) is 11.3 Å². The summed E-state index contributed by atoms with van der Waals surface area (Å²) in [5.41, 5.74) is 3.11. The van der Waals surface area contributed by atoms with Crippen LogP contribution in [-0.2, 0) is 16.6 Å². The molecule has 0 spiro atoms. The summed E-state index contributed by atoms with van der Waals surface area (Å²) in [4.78, 5) is 0.173. The summed E-state index contributed by atoms with van der Waals surface area (Å²) in [6.07, 6.45) is 0. The molecule has 0 saturated carbocycles. The number of hydrogen-bond donors (Lipinski definition) is 1. The Bertz CT molecular complexity index is 1000. The van der Waals surface area contributed by atoms with Gasteiger partial charge in [-0.1, -0.05) is 48.0 Å². The first kappa shape index (κ1) is 20.5. The zero-order chi connectivity index (χ0) is 18.0. The Balaban J connectivity index is 0.00000243. The molecule has 138 valence electrons. The molecule has 0 aliphatic rings. The highest BCUT2D eigenvalue weighted by molar-refractivity contribution is 7.90. The van der Waals surface area contributed by atoms with Crippen molar-refractivity contribution in [2.45, 2.75) is 18.4 Å². The molecule has 0 radical (unpaired) electrons. The highest BCUT2D eigenvalue weighted by Crippen LogP contribution is 2.30. The van der Waals surface area contributed by atoms with Crippen molar-refractivity contribution in [2.24, 2.45) is 0 Å². The van der Waals surface area contributed by atoms with E-state index in [4.69, 9.17) is 11.6 Å². The Kier molecular flexibility index (Phi) is 6.53. The third-order valence-corrected chi connectivity index (χ3v) is 6.11. The molecule has 3 rings (SSSR count). The normalized spacial score (nSPS) is 11.2. The summed E-state index contributed by atoms with van der Waals surface area (Å²) >= 11 is 6.01. The third-order valence-electron chi connectivity index (χ3n) is 4.07. The maximum absolute atomic E-state index is 13.3. The van der Waals surface area contributed by atoms with Gasteiger partial charge in [0.25, 0.3) is 10.0 Å². The quantitative estimate of drug-likeness (QED) is 0.673. The number of hydrogen-bond acceptors (Lipinski definition) is 3. The molecule has 0 amide bonds. The summed E-state index contributed by atoms with van der Waals surface area (Å²) < 4.78 is 28.0. The fourth-order valence-electron chi connectivity index (χ4n) is 2.86. The van der Waals surface area contributed by atoms with Crippen molar-refractivity contribution in [2.75, 3.05) is 7.05 Å². The van der Waals surface area contributed by atoms with Gasteiger partial charge in [0.05, 0.1) is 10.6 Å². The minimum absolute atomic E-state index is 0. The predicted octanol–water partition coefficient (Wildman–Crippen LogP) is 4.50. The van der Waals surface area contributed by atoms with Gasteiger partial charge in [0.1, 0.15) is 0 Å². The highest BCUT2D eigenvalue weighted by atomic mass is 35.5. The SMILES string of the molecule is CNCc1cc(-c2ccccc2)n(S(=O)(=O)c2cccc(Cl)c2)c1C.Cl. The molecule has 3 aromatic rings. The molecule has 1 aromatic heterocycles. The summed E-state index contributed by atoms with van der Waals surface area (Å²) in [6.45, 7) is 2.41. The Hall–Kier alpha value is -1.79. The van der Waals surface area contributed by atoms with Crippen molar-refractivity contribution in [3.05, 3.63) is 76.9 Å². The van der Waals surface area contributed by atoms with Crippen LogP contribution in [0.3, 0.4) is 0 Å². The first-order valence-corrected chi connectivity index (χ1v) is 9.69. The Morgan fingerprint density at radius 2 is 1.73 bits per heavy atom. The molecule has 7 heteroatoms. The number of halogens is 2. The van der Waals surface area contributed by atoms with E-state index in [1.807, 2.05) is 50.4 Å². The summed E-state index contributed by atoms with van der Waals surface area (Å²) in [5, 5.41) is 3.48. The average molecular weight is 411 g/mol. The first-order chi connectivity index (χ1) is 11.9. The number of benzene rings is 2. The average Bonchev–Trinajstić information content (AvgIpc) is 2.93. The highest BCUT2D eigenvalue weighted by Gasteiger charge is 2.25. The van der Waals surface area contributed by atoms with Crippen LogP contribution in [0.1, 0.15) is 11.3 Å². The van der Waals surface area contributed by atoms with Gasteiger partial charge in [0, 0.05) is 17.3 Å². The van der Waals surface area contributed by atoms with E-state index < -0.39 is 10.0 Å². The monoisotopic (exact) mass is 410 g/mol. The third kappa shape index (κ3) is 3.81. The van der Waals surface area contributed by atoms with Gasteiger partial charge < -0.3 is 5.32 Å². The second-order valence-electron chi connectivity index (χ2n) is 5.76. The lowest BCUT2D eigenvalue weighted by Gasteiger charge is -2.13. The van der Waals surface area contributed by atoms with Crippen molar-refractivity contribution in [3.8, 4) is 11.3 Å². The topological polar surface area (TPSA) is 51.1 Å². The van der Waals surface area contributed by atoms with Crippen LogP contribution in [0.15, 0.2) is 65.6 Å². The molecule has 26 heavy (non-hydrogen) atoms. The van der Waals surface area contributed by atoms with Crippen LogP contribution < -0.4 is 5.32 Å². The number of rotatable bonds is 5. The van der Waals surface area contributed by atoms with Gasteiger partial charge in [0.2, 0.25) is 0 Å². The zero-order valence-electron chi connectivity index (χ0n) is 14.4. The van der Waals surface area contributed by atoms with Crippen LogP contribution in [0.2, 0.25) is 5.02 Å². The van der Waals surface area contributed by atoms with Crippen LogP contribution >= 0.6 is 24.0 Å². The standard InChI is InChI=1S/C19H19ClN2O2S.ClH/c1-14-16(13-21-2)11-19(15-7-4-3-5-8-15)22(14)25(23,24)18-10-6-9-17(20)12-18;/h3-12,21H,13H2,1-2H3;1H. The van der Waals surface area contributed by atoms with E-state index >= 15 is 0 Å². The van der Waals surface area contributed by atoms with Crippen LogP contribution in [-0.4, -0.2) is 19.4 Å². The zero-order valence-corrected chi connectivity index (χ0v) is 16.8. The van der Waals surface area contributed by atoms with Crippen molar-refractivity contribution in [3.63, 3.8) is 0 Å². The van der Waals surface area contributed by atoms with E-state index in [9.17, 15) is 8.42 Å². The van der Waals surface area contributed by atoms with Gasteiger partial charge in [-0.2, -0.15) is 0 Å². The maximum Gasteiger partial charge on any atom is 0.268 e. The number of nitrogens with zero attached hydrogens (tertiary/aromatic N) is 1. The first-order valence-electron chi connectivity index (χ1n) is 7.87. The second-order valence-corrected chi connectivity index (χ2v) is 7.99. The van der Waals surface area contributed by atoms with Crippen LogP contribution in [0, 0.1) is 6.92 Å². The van der Waals surface area contributed by atoms with E-state index in [0.29, 0.717) is 23.0 Å². The lowest BCUT2D eigenvalue weighted by atomic mass is 10.1. The van der Waals surface area contributed by atoms with Gasteiger partial charge in [-0.05, 0) is 49.4 Å². The Labute approximate surface area is 165 Å². The van der Waals surface area contributed by atoms with Crippen LogP contribution in [0.4, 0.5) is 0 Å². The Morgan fingerprint density at radius 1 is 1.04 bits per heavy atom. The van der Waals surface area contributed by atoms with E-state index in [1.54, 1.807) is 18.2 Å². The summed E-state index contributed by atoms with van der Waals surface area (Å²) in [6, 6.07) is 17.8. The molecule has 1 N–H and O–H groups in total. The van der Waals surface area contributed by atoms with Crippen molar-refractivity contribution < 1.29 is 8.42 Å². The molecule has 0 aliphatic carbocycles. The van der Waals surface area contributed by atoms with E-state index in [-0.39, 0.29) is 17.3 Å². The summed E-state index contributed by atoms with van der Waals surface area (Å²) in [7, 11) is -1.93. The molecule has 0 saturated heterocycles. The van der Waals surface area contributed by atoms with E-state index in [1.165, 1.54) is 10.0 Å². The summed E-state index contributed by atoms with van der Waals surface area (Å²) in [5.74, 6) is 0. The molecular formula is C19H20Cl2N2O2S. The predicted molar refractivity (Wildman–Crippen MR) is 109 cm³/mol. The second kappa shape index (κ2) is 8.27. The number of aromatic nitrogens is 1. The Morgan fingerprint density at radius 3 is 2.35 bits per heavy atom. The lowest BCUT2D eigenvalue weighted by Crippen LogP contribution is -2.16. The van der Waals surface area contributed by atoms with Crippen LogP contribution in [0.5, 0.6) is 0 Å². The molecule has 0 unspecified atom stereocenters. The number of nitrogens with one attached hydrogen (secondary N) is 1. The molecule has 4 nitrogen and oxygen atoms in total. The molecule has 0 bridgehead atoms. The van der Waals surface area contributed by atoms with Gasteiger partial charge in [-0.3, -0.25) is 0 Å². The minimum Gasteiger partial charge on any atom is -0.316 e. The maximum atomic E-state index is 13.3. The molecule has 2 aromatic carbocycles. The van der Waals surface area contributed by atoms with E-state index in [0.717, 1.165) is 11.1 Å².